The lowest BCUT2D eigenvalue weighted by molar-refractivity contribution is 0.353. The van der Waals surface area contributed by atoms with Gasteiger partial charge in [-0.1, -0.05) is 6.42 Å². The van der Waals surface area contributed by atoms with E-state index in [1.807, 2.05) is 23.9 Å². The average Bonchev–Trinajstić information content (AvgIpc) is 2.05. The summed E-state index contributed by atoms with van der Waals surface area (Å²) in [7, 11) is 0. The van der Waals surface area contributed by atoms with E-state index >= 15 is 0 Å². The molecule has 0 heterocycles. The zero-order chi connectivity index (χ0) is 9.97. The number of nitrogens with two attached hydrogens (primary N) is 1. The predicted octanol–water partition coefficient (Wildman–Crippen LogP) is 3.92. The summed E-state index contributed by atoms with van der Waals surface area (Å²) in [5.74, 6) is 2.20. The van der Waals surface area contributed by atoms with Crippen molar-refractivity contribution in [3.8, 4) is 0 Å². The van der Waals surface area contributed by atoms with Crippen molar-refractivity contribution in [1.82, 2.24) is 0 Å². The van der Waals surface area contributed by atoms with Crippen LogP contribution in [0.2, 0.25) is 0 Å². The minimum absolute atomic E-state index is 0.824. The molecule has 0 aliphatic heterocycles. The third-order valence-electron chi connectivity index (χ3n) is 2.66. The highest BCUT2D eigenvalue weighted by molar-refractivity contribution is 9.10. The van der Waals surface area contributed by atoms with Crippen LogP contribution in [0.15, 0.2) is 27.6 Å². The maximum atomic E-state index is 5.68. The topological polar surface area (TPSA) is 26.0 Å². The van der Waals surface area contributed by atoms with Gasteiger partial charge in [-0.2, -0.15) is 0 Å². The van der Waals surface area contributed by atoms with Crippen molar-refractivity contribution in [3.05, 3.63) is 22.7 Å². The van der Waals surface area contributed by atoms with Gasteiger partial charge in [-0.3, -0.25) is 0 Å². The van der Waals surface area contributed by atoms with Gasteiger partial charge in [0.25, 0.3) is 0 Å². The maximum Gasteiger partial charge on any atom is 0.0331 e. The monoisotopic (exact) mass is 271 g/mol. The molecule has 1 aromatic carbocycles. The number of benzene rings is 1. The molecular weight excluding hydrogens is 258 g/mol. The lowest BCUT2D eigenvalue weighted by Gasteiger charge is -2.24. The SMILES string of the molecule is Nc1ccc(SCC2CCC2)c(Br)c1. The van der Waals surface area contributed by atoms with Gasteiger partial charge in [0.15, 0.2) is 0 Å². The number of anilines is 1. The van der Waals surface area contributed by atoms with Crippen molar-refractivity contribution < 1.29 is 0 Å². The van der Waals surface area contributed by atoms with E-state index in [0.29, 0.717) is 0 Å². The van der Waals surface area contributed by atoms with Crippen LogP contribution in [0.5, 0.6) is 0 Å². The Balaban J connectivity index is 1.94. The summed E-state index contributed by atoms with van der Waals surface area (Å²) >= 11 is 5.47. The summed E-state index contributed by atoms with van der Waals surface area (Å²) < 4.78 is 1.13. The first-order chi connectivity index (χ1) is 6.75. The van der Waals surface area contributed by atoms with Gasteiger partial charge in [-0.15, -0.1) is 11.8 Å². The van der Waals surface area contributed by atoms with E-state index in [0.717, 1.165) is 16.1 Å². The van der Waals surface area contributed by atoms with Crippen molar-refractivity contribution in [3.63, 3.8) is 0 Å². The third kappa shape index (κ3) is 2.45. The Morgan fingerprint density at radius 1 is 1.43 bits per heavy atom. The lowest BCUT2D eigenvalue weighted by atomic mass is 9.87. The molecule has 14 heavy (non-hydrogen) atoms. The van der Waals surface area contributed by atoms with Crippen LogP contribution in [-0.2, 0) is 0 Å². The van der Waals surface area contributed by atoms with Crippen molar-refractivity contribution in [2.24, 2.45) is 5.92 Å². The van der Waals surface area contributed by atoms with Crippen molar-refractivity contribution >= 4 is 33.4 Å². The minimum atomic E-state index is 0.824. The number of nitrogen functional groups attached to an aromatic ring is 1. The van der Waals surface area contributed by atoms with Gasteiger partial charge in [0.1, 0.15) is 0 Å². The molecule has 0 aromatic heterocycles. The first-order valence-electron chi connectivity index (χ1n) is 4.93. The van der Waals surface area contributed by atoms with Crippen LogP contribution in [-0.4, -0.2) is 5.75 Å². The third-order valence-corrected chi connectivity index (χ3v) is 4.88. The van der Waals surface area contributed by atoms with Gasteiger partial charge in [0.2, 0.25) is 0 Å². The van der Waals surface area contributed by atoms with E-state index in [-0.39, 0.29) is 0 Å². The molecule has 76 valence electrons. The zero-order valence-corrected chi connectivity index (χ0v) is 10.4. The molecule has 2 rings (SSSR count). The van der Waals surface area contributed by atoms with Gasteiger partial charge in [-0.25, -0.2) is 0 Å². The van der Waals surface area contributed by atoms with Crippen LogP contribution in [0.3, 0.4) is 0 Å². The molecule has 1 aromatic rings. The van der Waals surface area contributed by atoms with Gasteiger partial charge < -0.3 is 5.73 Å². The van der Waals surface area contributed by atoms with Gasteiger partial charge in [0, 0.05) is 20.8 Å². The molecule has 0 saturated heterocycles. The van der Waals surface area contributed by atoms with Crippen LogP contribution in [0.25, 0.3) is 0 Å². The van der Waals surface area contributed by atoms with Gasteiger partial charge in [-0.05, 0) is 52.9 Å². The van der Waals surface area contributed by atoms with E-state index in [9.17, 15) is 0 Å². The summed E-state index contributed by atoms with van der Waals surface area (Å²) in [4.78, 5) is 1.31. The van der Waals surface area contributed by atoms with E-state index in [4.69, 9.17) is 5.73 Å². The predicted molar refractivity (Wildman–Crippen MR) is 66.6 cm³/mol. The van der Waals surface area contributed by atoms with Gasteiger partial charge >= 0.3 is 0 Å². The van der Waals surface area contributed by atoms with E-state index in [1.54, 1.807) is 0 Å². The smallest absolute Gasteiger partial charge is 0.0331 e. The van der Waals surface area contributed by atoms with Crippen molar-refractivity contribution in [2.45, 2.75) is 24.2 Å². The first kappa shape index (κ1) is 10.4. The average molecular weight is 272 g/mol. The molecule has 1 saturated carbocycles. The number of rotatable bonds is 3. The van der Waals surface area contributed by atoms with Gasteiger partial charge in [0.05, 0.1) is 0 Å². The minimum Gasteiger partial charge on any atom is -0.399 e. The second kappa shape index (κ2) is 4.58. The van der Waals surface area contributed by atoms with Crippen LogP contribution in [0.1, 0.15) is 19.3 Å². The molecule has 1 nitrogen and oxygen atoms in total. The lowest BCUT2D eigenvalue weighted by Crippen LogP contribution is -2.13. The highest BCUT2D eigenvalue weighted by Crippen LogP contribution is 2.35. The Morgan fingerprint density at radius 2 is 2.21 bits per heavy atom. The van der Waals surface area contributed by atoms with Crippen LogP contribution >= 0.6 is 27.7 Å². The molecule has 0 spiro atoms. The Kier molecular flexibility index (Phi) is 3.39. The second-order valence-electron chi connectivity index (χ2n) is 3.80. The molecule has 1 aliphatic carbocycles. The maximum absolute atomic E-state index is 5.68. The van der Waals surface area contributed by atoms with Crippen molar-refractivity contribution in [1.29, 1.82) is 0 Å². The summed E-state index contributed by atoms with van der Waals surface area (Å²) in [5.41, 5.74) is 6.51. The Bertz CT molecular complexity index is 323. The summed E-state index contributed by atoms with van der Waals surface area (Å²) in [6.45, 7) is 0. The quantitative estimate of drug-likeness (QED) is 0.666. The molecule has 0 unspecified atom stereocenters. The highest BCUT2D eigenvalue weighted by Gasteiger charge is 2.17. The summed E-state index contributed by atoms with van der Waals surface area (Å²) in [6, 6.07) is 6.04. The van der Waals surface area contributed by atoms with E-state index in [2.05, 4.69) is 22.0 Å². The molecule has 2 N–H and O–H groups in total. The highest BCUT2D eigenvalue weighted by atomic mass is 79.9. The fourth-order valence-corrected chi connectivity index (χ4v) is 3.35. The number of hydrogen-bond acceptors (Lipinski definition) is 2. The van der Waals surface area contributed by atoms with E-state index in [1.165, 1.54) is 29.9 Å². The van der Waals surface area contributed by atoms with E-state index < -0.39 is 0 Å². The summed E-state index contributed by atoms with van der Waals surface area (Å²) in [6.07, 6.45) is 4.26. The van der Waals surface area contributed by atoms with Crippen molar-refractivity contribution in [2.75, 3.05) is 11.5 Å². The second-order valence-corrected chi connectivity index (χ2v) is 5.71. The molecule has 3 heteroatoms. The number of halogens is 1. The Hall–Kier alpha value is -0.150. The fourth-order valence-electron chi connectivity index (χ4n) is 1.50. The number of hydrogen-bond donors (Lipinski definition) is 1. The Morgan fingerprint density at radius 3 is 2.79 bits per heavy atom. The largest absolute Gasteiger partial charge is 0.399 e. The molecule has 0 bridgehead atoms. The molecule has 1 fully saturated rings. The standard InChI is InChI=1S/C11H14BrNS/c12-10-6-9(13)4-5-11(10)14-7-8-2-1-3-8/h4-6,8H,1-3,7,13H2. The fraction of sp³-hybridized carbons (Fsp3) is 0.455. The Labute approximate surface area is 97.6 Å². The van der Waals surface area contributed by atoms with Crippen LogP contribution in [0, 0.1) is 5.92 Å². The molecule has 0 amide bonds. The zero-order valence-electron chi connectivity index (χ0n) is 8.00. The molecular formula is C11H14BrNS. The number of thioether (sulfide) groups is 1. The first-order valence-corrected chi connectivity index (χ1v) is 6.71. The molecule has 0 atom stereocenters. The van der Waals surface area contributed by atoms with Crippen LogP contribution in [0.4, 0.5) is 5.69 Å². The molecule has 1 aliphatic rings. The summed E-state index contributed by atoms with van der Waals surface area (Å²) in [5, 5.41) is 0. The molecule has 0 radical (unpaired) electrons. The van der Waals surface area contributed by atoms with Crippen LogP contribution < -0.4 is 5.73 Å². The normalized spacial score (nSPS) is 16.6.